The highest BCUT2D eigenvalue weighted by Crippen LogP contribution is 2.41. The smallest absolute Gasteiger partial charge is 0.248 e. The van der Waals surface area contributed by atoms with Gasteiger partial charge in [-0.1, -0.05) is 24.3 Å². The highest BCUT2D eigenvalue weighted by molar-refractivity contribution is 7.93. The van der Waals surface area contributed by atoms with Gasteiger partial charge < -0.3 is 11.5 Å². The molecule has 148 valence electrons. The highest BCUT2D eigenvalue weighted by atomic mass is 32.2. The van der Waals surface area contributed by atoms with Crippen LogP contribution >= 0.6 is 0 Å². The van der Waals surface area contributed by atoms with E-state index in [1.165, 1.54) is 12.1 Å². The van der Waals surface area contributed by atoms with Crippen LogP contribution in [-0.4, -0.2) is 16.4 Å². The monoisotopic (exact) mass is 409 g/mol. The lowest BCUT2D eigenvalue weighted by Gasteiger charge is -2.26. The fraction of sp³-hybridized carbons (Fsp3) is 0.136. The van der Waals surface area contributed by atoms with Gasteiger partial charge >= 0.3 is 0 Å². The molecule has 5 nitrogen and oxygen atoms in total. The van der Waals surface area contributed by atoms with E-state index in [0.29, 0.717) is 23.4 Å². The summed E-state index contributed by atoms with van der Waals surface area (Å²) in [6.07, 6.45) is 2.08. The van der Waals surface area contributed by atoms with Crippen molar-refractivity contribution in [1.29, 1.82) is 0 Å². The third-order valence-electron chi connectivity index (χ3n) is 5.19. The summed E-state index contributed by atoms with van der Waals surface area (Å²) in [6.45, 7) is 0. The van der Waals surface area contributed by atoms with Crippen LogP contribution in [0.4, 0.5) is 15.8 Å². The summed E-state index contributed by atoms with van der Waals surface area (Å²) < 4.78 is 31.1. The number of anilines is 1. The van der Waals surface area contributed by atoms with Crippen molar-refractivity contribution in [3.63, 3.8) is 0 Å². The van der Waals surface area contributed by atoms with Crippen LogP contribution in [0.2, 0.25) is 0 Å². The summed E-state index contributed by atoms with van der Waals surface area (Å²) in [4.78, 5) is 11.4. The Morgan fingerprint density at radius 3 is 2.45 bits per heavy atom. The molecule has 0 aromatic heterocycles. The largest absolute Gasteiger partial charge is 0.398 e. The number of nitrogens with zero attached hydrogens (tertiary/aromatic N) is 1. The van der Waals surface area contributed by atoms with Crippen molar-refractivity contribution in [2.24, 2.45) is 10.1 Å². The predicted octanol–water partition coefficient (Wildman–Crippen LogP) is 4.20. The van der Waals surface area contributed by atoms with E-state index in [-0.39, 0.29) is 5.82 Å². The average molecular weight is 409 g/mol. The van der Waals surface area contributed by atoms with Crippen molar-refractivity contribution in [3.8, 4) is 11.1 Å². The zero-order valence-corrected chi connectivity index (χ0v) is 16.6. The molecule has 0 spiro atoms. The normalized spacial score (nSPS) is 20.6. The van der Waals surface area contributed by atoms with Gasteiger partial charge in [0.1, 0.15) is 5.82 Å². The van der Waals surface area contributed by atoms with Gasteiger partial charge in [0, 0.05) is 17.5 Å². The topological polar surface area (TPSA) is 98.5 Å². The zero-order chi connectivity index (χ0) is 20.8. The minimum Gasteiger partial charge on any atom is -0.398 e. The van der Waals surface area contributed by atoms with Crippen molar-refractivity contribution < 1.29 is 13.4 Å². The van der Waals surface area contributed by atoms with Crippen molar-refractivity contribution >= 4 is 27.0 Å². The molecule has 1 heterocycles. The number of halogens is 1. The minimum absolute atomic E-state index is 0.306. The van der Waals surface area contributed by atoms with Crippen LogP contribution in [0.15, 0.2) is 65.0 Å². The minimum atomic E-state index is -2.68. The first kappa shape index (κ1) is 19.1. The molecule has 3 aromatic carbocycles. The van der Waals surface area contributed by atoms with Gasteiger partial charge in [0.15, 0.2) is 0 Å². The van der Waals surface area contributed by atoms with Gasteiger partial charge in [0.2, 0.25) is 5.91 Å². The Hall–Kier alpha value is -3.19. The molecule has 0 bridgehead atoms. The lowest BCUT2D eigenvalue weighted by Crippen LogP contribution is -2.19. The maximum Gasteiger partial charge on any atom is 0.248 e. The summed E-state index contributed by atoms with van der Waals surface area (Å²) in [5.41, 5.74) is 16.3. The fourth-order valence-corrected chi connectivity index (χ4v) is 5.46. The molecule has 0 saturated carbocycles. The average Bonchev–Trinajstić information content (AvgIpc) is 2.67. The van der Waals surface area contributed by atoms with Crippen LogP contribution in [0.5, 0.6) is 0 Å². The number of fused-ring (bicyclic) bond motifs is 1. The van der Waals surface area contributed by atoms with E-state index >= 15 is 0 Å². The Morgan fingerprint density at radius 1 is 1.07 bits per heavy atom. The number of carbonyl (C=O) groups excluding carboxylic acids is 1. The molecule has 2 atom stereocenters. The second kappa shape index (κ2) is 7.00. The molecule has 4 rings (SSSR count). The Labute approximate surface area is 168 Å². The first-order valence-corrected chi connectivity index (χ1v) is 11.0. The van der Waals surface area contributed by atoms with Gasteiger partial charge in [-0.05, 0) is 65.1 Å². The third kappa shape index (κ3) is 3.61. The summed E-state index contributed by atoms with van der Waals surface area (Å²) in [7, 11) is -2.68. The molecule has 0 fully saturated rings. The molecule has 0 radical (unpaired) electrons. The number of primary amides is 1. The van der Waals surface area contributed by atoms with Crippen LogP contribution in [-0.2, 0) is 16.1 Å². The molecule has 1 aliphatic heterocycles. The Balaban J connectivity index is 1.80. The van der Waals surface area contributed by atoms with E-state index in [9.17, 15) is 13.4 Å². The number of nitrogens with two attached hydrogens (primary N) is 2. The van der Waals surface area contributed by atoms with Gasteiger partial charge in [0.05, 0.1) is 20.7 Å². The maximum atomic E-state index is 13.4. The van der Waals surface area contributed by atoms with Gasteiger partial charge in [-0.15, -0.1) is 0 Å². The van der Waals surface area contributed by atoms with Gasteiger partial charge in [-0.2, -0.15) is 4.36 Å². The number of benzene rings is 3. The second-order valence-corrected chi connectivity index (χ2v) is 9.68. The van der Waals surface area contributed by atoms with Crippen molar-refractivity contribution in [2.45, 2.75) is 11.7 Å². The molecule has 0 saturated heterocycles. The Kier molecular flexibility index (Phi) is 4.62. The molecule has 29 heavy (non-hydrogen) atoms. The van der Waals surface area contributed by atoms with Crippen molar-refractivity contribution in [1.82, 2.24) is 0 Å². The quantitative estimate of drug-likeness (QED) is 0.634. The molecule has 4 N–H and O–H groups in total. The van der Waals surface area contributed by atoms with Gasteiger partial charge in [0.25, 0.3) is 0 Å². The van der Waals surface area contributed by atoms with Crippen LogP contribution in [0.25, 0.3) is 11.1 Å². The van der Waals surface area contributed by atoms with Crippen LogP contribution in [0, 0.1) is 5.82 Å². The van der Waals surface area contributed by atoms with Gasteiger partial charge in [-0.3, -0.25) is 4.79 Å². The number of amides is 1. The molecular formula is C22H20FN3O2S. The molecule has 1 aliphatic rings. The number of hydrogen-bond donors (Lipinski definition) is 2. The summed E-state index contributed by atoms with van der Waals surface area (Å²) in [5.74, 6) is -0.858. The predicted molar refractivity (Wildman–Crippen MR) is 114 cm³/mol. The van der Waals surface area contributed by atoms with E-state index in [1.54, 1.807) is 42.7 Å². The zero-order valence-electron chi connectivity index (χ0n) is 15.8. The van der Waals surface area contributed by atoms with E-state index in [1.807, 2.05) is 12.1 Å². The second-order valence-electron chi connectivity index (χ2n) is 7.20. The molecule has 0 aliphatic carbocycles. The highest BCUT2D eigenvalue weighted by Gasteiger charge is 2.29. The fourth-order valence-electron chi connectivity index (χ4n) is 3.61. The lowest BCUT2D eigenvalue weighted by atomic mass is 9.96. The summed E-state index contributed by atoms with van der Waals surface area (Å²) >= 11 is 0. The van der Waals surface area contributed by atoms with Crippen LogP contribution < -0.4 is 11.5 Å². The number of hydrogen-bond acceptors (Lipinski definition) is 4. The standard InChI is InChI=1S/C22H20FN3O2S/c1-29(28)21(12-15-2-3-16(22(25)27)11-20(15)26-29)18-10-14(6-9-19(18)24)13-4-7-17(23)8-5-13/h2-11,21H,12,24H2,1H3,(H2,25,27). The molecule has 1 amide bonds. The summed E-state index contributed by atoms with van der Waals surface area (Å²) in [6, 6.07) is 16.7. The third-order valence-corrected chi connectivity index (χ3v) is 7.23. The number of nitrogen functional groups attached to an aromatic ring is 1. The number of rotatable bonds is 3. The van der Waals surface area contributed by atoms with E-state index in [2.05, 4.69) is 4.36 Å². The maximum absolute atomic E-state index is 13.4. The number of carbonyl (C=O) groups is 1. The molecule has 2 unspecified atom stereocenters. The van der Waals surface area contributed by atoms with Crippen LogP contribution in [0.1, 0.15) is 26.7 Å². The first-order chi connectivity index (χ1) is 13.7. The first-order valence-electron chi connectivity index (χ1n) is 9.04. The van der Waals surface area contributed by atoms with E-state index < -0.39 is 20.9 Å². The molecular weight excluding hydrogens is 389 g/mol. The SMILES string of the molecule is CS1(=O)=Nc2cc(C(N)=O)ccc2CC1c1cc(-c2ccc(F)cc2)ccc1N. The van der Waals surface area contributed by atoms with E-state index in [0.717, 1.165) is 22.3 Å². The Bertz CT molecular complexity index is 1250. The summed E-state index contributed by atoms with van der Waals surface area (Å²) in [5, 5.41) is -0.408. The molecule has 7 heteroatoms. The molecule has 3 aromatic rings. The van der Waals surface area contributed by atoms with E-state index in [4.69, 9.17) is 11.5 Å². The van der Waals surface area contributed by atoms with Crippen LogP contribution in [0.3, 0.4) is 0 Å². The lowest BCUT2D eigenvalue weighted by molar-refractivity contribution is 0.100. The Morgan fingerprint density at radius 2 is 1.76 bits per heavy atom. The van der Waals surface area contributed by atoms with Crippen molar-refractivity contribution in [2.75, 3.05) is 12.0 Å². The van der Waals surface area contributed by atoms with Gasteiger partial charge in [-0.25, -0.2) is 8.60 Å². The van der Waals surface area contributed by atoms with Crippen molar-refractivity contribution in [3.05, 3.63) is 83.2 Å².